The van der Waals surface area contributed by atoms with E-state index in [4.69, 9.17) is 4.74 Å². The lowest BCUT2D eigenvalue weighted by Crippen LogP contribution is -2.52. The lowest BCUT2D eigenvalue weighted by molar-refractivity contribution is -0.140. The fraction of sp³-hybridized carbons (Fsp3) is 0.595. The van der Waals surface area contributed by atoms with Crippen molar-refractivity contribution in [3.8, 4) is 5.75 Å². The maximum Gasteiger partial charge on any atom is 0.334 e. The quantitative estimate of drug-likeness (QED) is 0.0397. The van der Waals surface area contributed by atoms with E-state index in [0.29, 0.717) is 19.3 Å². The fourth-order valence-corrected chi connectivity index (χ4v) is 6.28. The summed E-state index contributed by atoms with van der Waals surface area (Å²) < 4.78 is 4.88. The number of carbonyl (C=O) groups excluding carboxylic acids is 3. The van der Waals surface area contributed by atoms with E-state index in [-0.39, 0.29) is 23.1 Å². The van der Waals surface area contributed by atoms with Crippen molar-refractivity contribution < 1.29 is 19.1 Å². The third kappa shape index (κ3) is 16.2. The van der Waals surface area contributed by atoms with Crippen LogP contribution in [0.2, 0.25) is 0 Å². The van der Waals surface area contributed by atoms with Gasteiger partial charge in [0, 0.05) is 5.18 Å². The Bertz CT molecular complexity index is 1110. The molecule has 250 valence electrons. The van der Waals surface area contributed by atoms with E-state index >= 15 is 0 Å². The summed E-state index contributed by atoms with van der Waals surface area (Å²) in [6, 6.07) is 5.09. The lowest BCUT2D eigenvalue weighted by atomic mass is 9.98. The number of hydrogen-bond acceptors (Lipinski definition) is 6. The van der Waals surface area contributed by atoms with Gasteiger partial charge >= 0.3 is 11.9 Å². The van der Waals surface area contributed by atoms with Gasteiger partial charge in [-0.25, -0.2) is 4.79 Å². The number of ether oxygens (including phenoxy) is 1. The van der Waals surface area contributed by atoms with Crippen LogP contribution in [0, 0.1) is 10.8 Å². The first kappa shape index (κ1) is 40.0. The maximum absolute atomic E-state index is 13.6. The summed E-state index contributed by atoms with van der Waals surface area (Å²) >= 11 is 1.68. The largest absolute Gasteiger partial charge is 0.424 e. The van der Waals surface area contributed by atoms with Crippen LogP contribution in [0.25, 0.3) is 0 Å². The maximum atomic E-state index is 13.6. The molecule has 2 amide bonds. The minimum absolute atomic E-state index is 0.0443. The van der Waals surface area contributed by atoms with E-state index < -0.39 is 22.7 Å². The van der Waals surface area contributed by atoms with E-state index in [1.54, 1.807) is 23.9 Å². The molecule has 0 radical (unpaired) electrons. The number of nitrogens with one attached hydrogen (secondary N) is 1. The Balaban J connectivity index is 2.52. The molecule has 45 heavy (non-hydrogen) atoms. The number of benzene rings is 1. The van der Waals surface area contributed by atoms with Gasteiger partial charge in [-0.3, -0.25) is 9.59 Å². The van der Waals surface area contributed by atoms with Gasteiger partial charge in [-0.1, -0.05) is 109 Å². The summed E-state index contributed by atoms with van der Waals surface area (Å²) in [4.78, 5) is 49.5. The van der Waals surface area contributed by atoms with Gasteiger partial charge in [0.1, 0.15) is 11.8 Å². The Kier molecular flexibility index (Phi) is 21.6. The third-order valence-corrected chi connectivity index (χ3v) is 9.50. The number of esters is 1. The molecule has 0 aliphatic carbocycles. The second kappa shape index (κ2) is 24.3. The zero-order valence-electron chi connectivity index (χ0n) is 28.2. The molecule has 1 aromatic carbocycles. The first-order valence-corrected chi connectivity index (χ1v) is 17.8. The molecule has 0 aliphatic heterocycles. The first-order chi connectivity index (χ1) is 21.7. The van der Waals surface area contributed by atoms with Crippen LogP contribution in [0.4, 0.5) is 0 Å². The topological polar surface area (TPSA) is 102 Å². The summed E-state index contributed by atoms with van der Waals surface area (Å²) in [5, 5.41) is 5.41. The first-order valence-electron chi connectivity index (χ1n) is 16.8. The zero-order valence-corrected chi connectivity index (χ0v) is 29.0. The van der Waals surface area contributed by atoms with Gasteiger partial charge in [0.15, 0.2) is 0 Å². The van der Waals surface area contributed by atoms with Gasteiger partial charge in [0.2, 0.25) is 5.91 Å². The number of nitroso groups, excluding NO2 is 1. The van der Waals surface area contributed by atoms with Crippen molar-refractivity contribution in [2.24, 2.45) is 11.1 Å². The SMILES string of the molecule is CC/C=C\C/C=C\C/C=C\CCCCCCCCSC(CC)(CC)C(=O)NC(CC(C)C)C(=O)Oc1ccccc1C(=O)N=O. The summed E-state index contributed by atoms with van der Waals surface area (Å²) in [6.07, 6.45) is 26.4. The average Bonchev–Trinajstić information content (AvgIpc) is 3.03. The molecule has 0 saturated heterocycles. The highest BCUT2D eigenvalue weighted by Crippen LogP contribution is 2.34. The molecule has 1 aromatic rings. The van der Waals surface area contributed by atoms with Gasteiger partial charge in [-0.2, -0.15) is 0 Å². The fourth-order valence-electron chi connectivity index (χ4n) is 4.94. The van der Waals surface area contributed by atoms with Crippen LogP contribution >= 0.6 is 11.8 Å². The van der Waals surface area contributed by atoms with Gasteiger partial charge in [0.05, 0.1) is 10.3 Å². The Morgan fingerprint density at radius 1 is 0.867 bits per heavy atom. The van der Waals surface area contributed by atoms with Crippen LogP contribution in [0.15, 0.2) is 65.9 Å². The molecule has 0 aliphatic rings. The molecule has 0 spiro atoms. The summed E-state index contributed by atoms with van der Waals surface area (Å²) in [5.74, 6) is -0.909. The molecular formula is C37H56N2O5S. The van der Waals surface area contributed by atoms with E-state index in [9.17, 15) is 19.3 Å². The summed E-state index contributed by atoms with van der Waals surface area (Å²) in [7, 11) is 0. The molecule has 1 N–H and O–H groups in total. The smallest absolute Gasteiger partial charge is 0.334 e. The van der Waals surface area contributed by atoms with E-state index in [0.717, 1.165) is 44.3 Å². The highest BCUT2D eigenvalue weighted by molar-refractivity contribution is 8.01. The van der Waals surface area contributed by atoms with Crippen LogP contribution in [0.5, 0.6) is 5.75 Å². The van der Waals surface area contributed by atoms with Gasteiger partial charge in [0.25, 0.3) is 0 Å². The van der Waals surface area contributed by atoms with E-state index in [1.165, 1.54) is 37.8 Å². The molecule has 8 heteroatoms. The minimum atomic E-state index is -1.02. The number of amides is 2. The van der Waals surface area contributed by atoms with Crippen molar-refractivity contribution in [2.45, 2.75) is 129 Å². The Morgan fingerprint density at radius 2 is 1.47 bits per heavy atom. The number of allylic oxidation sites excluding steroid dienone is 6. The number of para-hydroxylation sites is 1. The van der Waals surface area contributed by atoms with Crippen molar-refractivity contribution in [1.82, 2.24) is 5.32 Å². The van der Waals surface area contributed by atoms with Crippen molar-refractivity contribution in [2.75, 3.05) is 5.75 Å². The Morgan fingerprint density at radius 3 is 2.09 bits per heavy atom. The standard InChI is InChI=1S/C37H56N2O5S/c1-6-9-10-11-12-13-14-15-16-17-18-19-20-21-22-25-28-45-37(7-2,8-3)36(42)38-32(29-30(4)5)35(41)44-33-27-24-23-26-31(33)34(40)39-43/h9-10,12-13,15-16,23-24,26-27,30,32H,6-8,11,14,17-22,25,28-29H2,1-5H3,(H,38,42)/b10-9-,13-12-,16-15-. The molecule has 7 nitrogen and oxygen atoms in total. The Hall–Kier alpha value is -3.00. The Labute approximate surface area is 276 Å². The summed E-state index contributed by atoms with van der Waals surface area (Å²) in [5.41, 5.74) is -0.0889. The van der Waals surface area contributed by atoms with E-state index in [1.807, 2.05) is 27.7 Å². The molecule has 0 heterocycles. The lowest BCUT2D eigenvalue weighted by Gasteiger charge is -2.32. The summed E-state index contributed by atoms with van der Waals surface area (Å²) in [6.45, 7) is 10.1. The molecule has 0 fully saturated rings. The molecule has 1 unspecified atom stereocenters. The molecule has 0 aromatic heterocycles. The molecule has 1 rings (SSSR count). The number of carbonyl (C=O) groups is 3. The molecule has 0 bridgehead atoms. The third-order valence-electron chi connectivity index (χ3n) is 7.69. The van der Waals surface area contributed by atoms with Crippen LogP contribution < -0.4 is 10.1 Å². The zero-order chi connectivity index (χ0) is 33.3. The highest BCUT2D eigenvalue weighted by Gasteiger charge is 2.38. The van der Waals surface area contributed by atoms with Gasteiger partial charge in [-0.05, 0) is 81.6 Å². The van der Waals surface area contributed by atoms with E-state index in [2.05, 4.69) is 53.9 Å². The number of unbranched alkanes of at least 4 members (excludes halogenated alkanes) is 6. The van der Waals surface area contributed by atoms with Crippen molar-refractivity contribution in [1.29, 1.82) is 0 Å². The van der Waals surface area contributed by atoms with Crippen molar-refractivity contribution in [3.05, 3.63) is 71.2 Å². The normalized spacial score (nSPS) is 12.8. The number of rotatable bonds is 24. The van der Waals surface area contributed by atoms with Gasteiger partial charge in [-0.15, -0.1) is 16.7 Å². The minimum Gasteiger partial charge on any atom is -0.424 e. The number of thioether (sulfide) groups is 1. The molecular weight excluding hydrogens is 584 g/mol. The second-order valence-electron chi connectivity index (χ2n) is 11.7. The number of nitrogens with zero attached hydrogens (tertiary/aromatic N) is 1. The van der Waals surface area contributed by atoms with Crippen LogP contribution in [-0.4, -0.2) is 34.3 Å². The monoisotopic (exact) mass is 640 g/mol. The second-order valence-corrected chi connectivity index (χ2v) is 13.2. The predicted octanol–water partition coefficient (Wildman–Crippen LogP) is 9.91. The highest BCUT2D eigenvalue weighted by atomic mass is 32.2. The molecule has 0 saturated carbocycles. The van der Waals surface area contributed by atoms with Crippen molar-refractivity contribution >= 4 is 29.5 Å². The van der Waals surface area contributed by atoms with Crippen LogP contribution in [0.3, 0.4) is 0 Å². The predicted molar refractivity (Wildman–Crippen MR) is 189 cm³/mol. The molecule has 1 atom stereocenters. The van der Waals surface area contributed by atoms with Crippen LogP contribution in [-0.2, 0) is 9.59 Å². The van der Waals surface area contributed by atoms with Crippen molar-refractivity contribution in [3.63, 3.8) is 0 Å². The van der Waals surface area contributed by atoms with Gasteiger partial charge < -0.3 is 10.1 Å². The number of hydrogen-bond donors (Lipinski definition) is 1. The van der Waals surface area contributed by atoms with Crippen LogP contribution in [0.1, 0.15) is 128 Å². The average molecular weight is 641 g/mol.